The molecule has 0 atom stereocenters. The average Bonchev–Trinajstić information content (AvgIpc) is 2.32. The summed E-state index contributed by atoms with van der Waals surface area (Å²) in [7, 11) is 0. The number of benzene rings is 1. The molecule has 0 unspecified atom stereocenters. The summed E-state index contributed by atoms with van der Waals surface area (Å²) in [5.74, 6) is -0.510. The molecule has 1 aromatic carbocycles. The fraction of sp³-hybridized carbons (Fsp3) is 0.364. The lowest BCUT2D eigenvalue weighted by Crippen LogP contribution is -2.21. The summed E-state index contributed by atoms with van der Waals surface area (Å²) in [6.07, 6.45) is 0.232. The Labute approximate surface area is 104 Å². The molecule has 3 N–H and O–H groups in total. The highest BCUT2D eigenvalue weighted by molar-refractivity contribution is 5.92. The van der Waals surface area contributed by atoms with E-state index in [4.69, 9.17) is 0 Å². The van der Waals surface area contributed by atoms with Gasteiger partial charge in [0.05, 0.1) is 10.6 Å². The minimum atomic E-state index is -0.590. The number of nitrogens with one attached hydrogen (secondary N) is 2. The molecule has 0 saturated carbocycles. The molecule has 0 fully saturated rings. The van der Waals surface area contributed by atoms with Crippen molar-refractivity contribution in [2.75, 3.05) is 18.4 Å². The van der Waals surface area contributed by atoms with Crippen LogP contribution in [0.5, 0.6) is 5.75 Å². The molecule has 1 amide bonds. The zero-order valence-electron chi connectivity index (χ0n) is 9.97. The minimum absolute atomic E-state index is 0.0469. The van der Waals surface area contributed by atoms with Gasteiger partial charge in [0.25, 0.3) is 5.69 Å². The topological polar surface area (TPSA) is 104 Å². The maximum atomic E-state index is 11.5. The van der Waals surface area contributed by atoms with E-state index >= 15 is 0 Å². The summed E-state index contributed by atoms with van der Waals surface area (Å²) in [5, 5.41) is 25.5. The number of nitrogens with zero attached hydrogens (tertiary/aromatic N) is 1. The van der Waals surface area contributed by atoms with E-state index in [0.717, 1.165) is 12.6 Å². The van der Waals surface area contributed by atoms with Gasteiger partial charge in [-0.25, -0.2) is 0 Å². The average molecular weight is 253 g/mol. The van der Waals surface area contributed by atoms with Crippen molar-refractivity contribution >= 4 is 17.3 Å². The number of carbonyl (C=O) groups is 1. The van der Waals surface area contributed by atoms with Crippen LogP contribution >= 0.6 is 0 Å². The number of nitro groups is 1. The van der Waals surface area contributed by atoms with Gasteiger partial charge in [-0.3, -0.25) is 14.9 Å². The Bertz CT molecular complexity index is 448. The van der Waals surface area contributed by atoms with Crippen LogP contribution in [0, 0.1) is 10.1 Å². The number of amides is 1. The third-order valence-corrected chi connectivity index (χ3v) is 2.24. The van der Waals surface area contributed by atoms with Gasteiger partial charge >= 0.3 is 0 Å². The predicted octanol–water partition coefficient (Wildman–Crippen LogP) is 1.24. The lowest BCUT2D eigenvalue weighted by atomic mass is 10.2. The van der Waals surface area contributed by atoms with Crippen LogP contribution in [-0.4, -0.2) is 29.0 Å². The van der Waals surface area contributed by atoms with Crippen molar-refractivity contribution in [1.29, 1.82) is 0 Å². The van der Waals surface area contributed by atoms with Gasteiger partial charge in [-0.15, -0.1) is 0 Å². The molecule has 7 nitrogen and oxygen atoms in total. The van der Waals surface area contributed by atoms with Crippen LogP contribution < -0.4 is 10.6 Å². The number of phenolic OH excluding ortho intramolecular Hbond substituents is 1. The molecule has 1 rings (SSSR count). The number of aromatic hydroxyl groups is 1. The van der Waals surface area contributed by atoms with Crippen molar-refractivity contribution in [3.8, 4) is 5.75 Å². The Morgan fingerprint density at radius 3 is 2.83 bits per heavy atom. The van der Waals surface area contributed by atoms with Crippen LogP contribution in [0.1, 0.15) is 13.3 Å². The lowest BCUT2D eigenvalue weighted by Gasteiger charge is -2.07. The molecule has 0 aliphatic carbocycles. The lowest BCUT2D eigenvalue weighted by molar-refractivity contribution is -0.384. The van der Waals surface area contributed by atoms with Crippen molar-refractivity contribution in [1.82, 2.24) is 5.32 Å². The van der Waals surface area contributed by atoms with Crippen molar-refractivity contribution in [3.63, 3.8) is 0 Å². The fourth-order valence-corrected chi connectivity index (χ4v) is 1.33. The number of nitro benzene ring substituents is 1. The van der Waals surface area contributed by atoms with Crippen molar-refractivity contribution in [3.05, 3.63) is 28.3 Å². The molecule has 0 bridgehead atoms. The van der Waals surface area contributed by atoms with Crippen LogP contribution in [0.15, 0.2) is 18.2 Å². The Morgan fingerprint density at radius 1 is 1.50 bits per heavy atom. The number of anilines is 1. The predicted molar refractivity (Wildman–Crippen MR) is 66.6 cm³/mol. The third-order valence-electron chi connectivity index (χ3n) is 2.24. The summed E-state index contributed by atoms with van der Waals surface area (Å²) < 4.78 is 0. The summed E-state index contributed by atoms with van der Waals surface area (Å²) in [4.78, 5) is 21.5. The molecular formula is C11H15N3O4. The van der Waals surface area contributed by atoms with Gasteiger partial charge in [-0.1, -0.05) is 6.92 Å². The molecule has 98 valence electrons. The number of phenols is 1. The first kappa shape index (κ1) is 13.9. The second kappa shape index (κ2) is 6.55. The molecule has 1 aromatic rings. The van der Waals surface area contributed by atoms with E-state index in [0.29, 0.717) is 6.54 Å². The number of carbonyl (C=O) groups excluding carboxylic acids is 1. The second-order valence-corrected chi connectivity index (χ2v) is 3.61. The van der Waals surface area contributed by atoms with Crippen LogP contribution in [0.3, 0.4) is 0 Å². The van der Waals surface area contributed by atoms with Gasteiger partial charge in [0.15, 0.2) is 0 Å². The zero-order valence-corrected chi connectivity index (χ0v) is 9.97. The maximum Gasteiger partial charge on any atom is 0.271 e. The molecule has 0 aliphatic heterocycles. The monoisotopic (exact) mass is 253 g/mol. The highest BCUT2D eigenvalue weighted by atomic mass is 16.6. The van der Waals surface area contributed by atoms with Crippen molar-refractivity contribution in [2.24, 2.45) is 0 Å². The quantitative estimate of drug-likeness (QED) is 0.306. The van der Waals surface area contributed by atoms with E-state index in [9.17, 15) is 20.0 Å². The number of rotatable bonds is 6. The molecule has 0 radical (unpaired) electrons. The second-order valence-electron chi connectivity index (χ2n) is 3.61. The smallest absolute Gasteiger partial charge is 0.271 e. The molecule has 0 aromatic heterocycles. The fourth-order valence-electron chi connectivity index (χ4n) is 1.33. The van der Waals surface area contributed by atoms with Gasteiger partial charge in [0, 0.05) is 25.1 Å². The van der Waals surface area contributed by atoms with Crippen molar-refractivity contribution in [2.45, 2.75) is 13.3 Å². The van der Waals surface area contributed by atoms with Gasteiger partial charge in [0.1, 0.15) is 5.75 Å². The normalized spacial score (nSPS) is 10.1. The number of non-ortho nitro benzene ring substituents is 1. The molecule has 18 heavy (non-hydrogen) atoms. The highest BCUT2D eigenvalue weighted by Gasteiger charge is 2.12. The van der Waals surface area contributed by atoms with E-state index in [1.807, 2.05) is 6.92 Å². The molecule has 0 saturated heterocycles. The Kier molecular flexibility index (Phi) is 5.06. The molecule has 0 aliphatic rings. The first-order valence-electron chi connectivity index (χ1n) is 5.52. The van der Waals surface area contributed by atoms with Crippen molar-refractivity contribution < 1.29 is 14.8 Å². The summed E-state index contributed by atoms with van der Waals surface area (Å²) in [6, 6.07) is 3.47. The summed E-state index contributed by atoms with van der Waals surface area (Å²) >= 11 is 0. The van der Waals surface area contributed by atoms with E-state index in [-0.39, 0.29) is 29.5 Å². The van der Waals surface area contributed by atoms with Gasteiger partial charge < -0.3 is 15.7 Å². The third kappa shape index (κ3) is 4.02. The highest BCUT2D eigenvalue weighted by Crippen LogP contribution is 2.27. The SMILES string of the molecule is CCNCCC(=O)Nc1cc([N+](=O)[O-])ccc1O. The van der Waals surface area contributed by atoms with Crippen LogP contribution in [0.4, 0.5) is 11.4 Å². The zero-order chi connectivity index (χ0) is 13.5. The largest absolute Gasteiger partial charge is 0.506 e. The van der Waals surface area contributed by atoms with E-state index < -0.39 is 4.92 Å². The molecular weight excluding hydrogens is 238 g/mol. The Balaban J connectivity index is 2.68. The Morgan fingerprint density at radius 2 is 2.22 bits per heavy atom. The van der Waals surface area contributed by atoms with Gasteiger partial charge in [-0.2, -0.15) is 0 Å². The van der Waals surface area contributed by atoms with E-state index in [1.54, 1.807) is 0 Å². The van der Waals surface area contributed by atoms with E-state index in [2.05, 4.69) is 10.6 Å². The van der Waals surface area contributed by atoms with Crippen LogP contribution in [-0.2, 0) is 4.79 Å². The van der Waals surface area contributed by atoms with Gasteiger partial charge in [-0.05, 0) is 12.6 Å². The van der Waals surface area contributed by atoms with Gasteiger partial charge in [0.2, 0.25) is 5.91 Å². The Hall–Kier alpha value is -2.15. The van der Waals surface area contributed by atoms with E-state index in [1.165, 1.54) is 12.1 Å². The first-order chi connectivity index (χ1) is 8.54. The molecule has 7 heteroatoms. The molecule has 0 heterocycles. The maximum absolute atomic E-state index is 11.5. The van der Waals surface area contributed by atoms with Crippen LogP contribution in [0.25, 0.3) is 0 Å². The standard InChI is InChI=1S/C11H15N3O4/c1-2-12-6-5-11(16)13-9-7-8(14(17)18)3-4-10(9)15/h3-4,7,12,15H,2,5-6H2,1H3,(H,13,16). The first-order valence-corrected chi connectivity index (χ1v) is 5.52. The summed E-state index contributed by atoms with van der Waals surface area (Å²) in [5.41, 5.74) is -0.138. The van der Waals surface area contributed by atoms with Crippen LogP contribution in [0.2, 0.25) is 0 Å². The molecule has 0 spiro atoms. The minimum Gasteiger partial charge on any atom is -0.506 e. The number of hydrogen-bond acceptors (Lipinski definition) is 5. The number of hydrogen-bond donors (Lipinski definition) is 3. The summed E-state index contributed by atoms with van der Waals surface area (Å²) in [6.45, 7) is 3.19.